The minimum absolute atomic E-state index is 0.624. The summed E-state index contributed by atoms with van der Waals surface area (Å²) in [5, 5.41) is 13.7. The Morgan fingerprint density at radius 2 is 0.909 bits per heavy atom. The second-order valence-electron chi connectivity index (χ2n) is 13.5. The largest absolute Gasteiger partial charge is 0.455 e. The molecule has 0 aliphatic carbocycles. The van der Waals surface area contributed by atoms with E-state index in [-0.39, 0.29) is 0 Å². The number of rotatable bonds is 6. The van der Waals surface area contributed by atoms with Crippen LogP contribution >= 0.6 is 0 Å². The Morgan fingerprint density at radius 3 is 1.56 bits per heavy atom. The van der Waals surface area contributed by atoms with Gasteiger partial charge in [0.25, 0.3) is 0 Å². The number of benzene rings is 8. The maximum absolute atomic E-state index is 9.41. The summed E-state index contributed by atoms with van der Waals surface area (Å²) >= 11 is 0. The third-order valence-corrected chi connectivity index (χ3v) is 10.2. The van der Waals surface area contributed by atoms with Crippen molar-refractivity contribution in [1.29, 1.82) is 5.26 Å². The standard InChI is InChI=1S/C50H30N4O/c51-31-32-21-23-34(24-22-32)43-30-44-46-40(19-10-20-45(46)55-47(44)42-18-8-7-17-41(42)43)39-16-9-15-38(29-39)33-25-27-37(28-26-33)50-53-48(35-11-3-1-4-12-35)52-49(54-50)36-13-5-2-6-14-36/h1-30H. The van der Waals surface area contributed by atoms with Crippen molar-refractivity contribution < 1.29 is 4.42 Å². The Hall–Kier alpha value is -7.68. The molecule has 0 aliphatic rings. The van der Waals surface area contributed by atoms with Crippen LogP contribution in [0.3, 0.4) is 0 Å². The average molecular weight is 703 g/mol. The van der Waals surface area contributed by atoms with E-state index < -0.39 is 0 Å². The maximum Gasteiger partial charge on any atom is 0.164 e. The number of nitrogens with zero attached hydrogens (tertiary/aromatic N) is 4. The van der Waals surface area contributed by atoms with E-state index in [2.05, 4.69) is 97.1 Å². The highest BCUT2D eigenvalue weighted by Gasteiger charge is 2.18. The van der Waals surface area contributed by atoms with E-state index in [1.54, 1.807) is 0 Å². The highest BCUT2D eigenvalue weighted by Crippen LogP contribution is 2.43. The van der Waals surface area contributed by atoms with Gasteiger partial charge in [-0.15, -0.1) is 0 Å². The molecule has 0 radical (unpaired) electrons. The SMILES string of the molecule is N#Cc1ccc(-c2cc3c(oc4cccc(-c5cccc(-c6ccc(-c7nc(-c8ccccc8)nc(-c8ccccc8)n7)cc6)c5)c43)c3ccccc23)cc1. The van der Waals surface area contributed by atoms with Crippen LogP contribution in [0, 0.1) is 11.3 Å². The molecule has 0 amide bonds. The zero-order chi connectivity index (χ0) is 36.7. The van der Waals surface area contributed by atoms with Crippen LogP contribution in [0.4, 0.5) is 0 Å². The fourth-order valence-electron chi connectivity index (χ4n) is 7.47. The summed E-state index contributed by atoms with van der Waals surface area (Å²) in [6, 6.07) is 64.1. The first kappa shape index (κ1) is 32.0. The monoisotopic (exact) mass is 702 g/mol. The molecule has 5 heteroatoms. The van der Waals surface area contributed by atoms with Gasteiger partial charge in [0.2, 0.25) is 0 Å². The molecule has 0 aliphatic heterocycles. The molecule has 55 heavy (non-hydrogen) atoms. The van der Waals surface area contributed by atoms with E-state index in [0.717, 1.165) is 82.8 Å². The first-order valence-corrected chi connectivity index (χ1v) is 18.2. The molecule has 0 saturated heterocycles. The molecule has 2 heterocycles. The number of nitriles is 1. The van der Waals surface area contributed by atoms with Crippen LogP contribution in [0.5, 0.6) is 0 Å². The Bertz CT molecular complexity index is 3010. The van der Waals surface area contributed by atoms with E-state index >= 15 is 0 Å². The molecule has 10 aromatic rings. The van der Waals surface area contributed by atoms with Crippen molar-refractivity contribution in [3.8, 4) is 73.6 Å². The van der Waals surface area contributed by atoms with E-state index in [9.17, 15) is 5.26 Å². The van der Waals surface area contributed by atoms with Gasteiger partial charge in [-0.05, 0) is 69.1 Å². The third kappa shape index (κ3) is 5.79. The van der Waals surface area contributed by atoms with Crippen molar-refractivity contribution in [2.75, 3.05) is 0 Å². The molecule has 8 aromatic carbocycles. The molecule has 2 aromatic heterocycles. The van der Waals surface area contributed by atoms with Gasteiger partial charge in [0.1, 0.15) is 11.2 Å². The Kier molecular flexibility index (Phi) is 7.79. The summed E-state index contributed by atoms with van der Waals surface area (Å²) in [6.45, 7) is 0. The fraction of sp³-hybridized carbons (Fsp3) is 0. The second kappa shape index (κ2) is 13.4. The molecule has 0 N–H and O–H groups in total. The van der Waals surface area contributed by atoms with Gasteiger partial charge in [-0.1, -0.05) is 152 Å². The Balaban J connectivity index is 1.06. The zero-order valence-electron chi connectivity index (χ0n) is 29.5. The van der Waals surface area contributed by atoms with E-state index in [0.29, 0.717) is 23.0 Å². The molecule has 0 spiro atoms. The summed E-state index contributed by atoms with van der Waals surface area (Å²) in [7, 11) is 0. The van der Waals surface area contributed by atoms with Crippen molar-refractivity contribution in [3.05, 3.63) is 188 Å². The molecule has 0 atom stereocenters. The molecule has 0 fully saturated rings. The second-order valence-corrected chi connectivity index (χ2v) is 13.5. The Morgan fingerprint density at radius 1 is 0.382 bits per heavy atom. The summed E-state index contributed by atoms with van der Waals surface area (Å²) in [5.41, 5.74) is 11.7. The van der Waals surface area contributed by atoms with Crippen LogP contribution in [-0.2, 0) is 0 Å². The lowest BCUT2D eigenvalue weighted by atomic mass is 9.92. The summed E-state index contributed by atoms with van der Waals surface area (Å²) in [4.78, 5) is 14.7. The van der Waals surface area contributed by atoms with Gasteiger partial charge in [-0.3, -0.25) is 0 Å². The van der Waals surface area contributed by atoms with Crippen molar-refractivity contribution in [3.63, 3.8) is 0 Å². The summed E-state index contributed by atoms with van der Waals surface area (Å²) < 4.78 is 6.64. The normalized spacial score (nSPS) is 11.3. The smallest absolute Gasteiger partial charge is 0.164 e. The molecule has 10 rings (SSSR count). The van der Waals surface area contributed by atoms with Crippen LogP contribution in [0.2, 0.25) is 0 Å². The van der Waals surface area contributed by atoms with Gasteiger partial charge < -0.3 is 4.42 Å². The zero-order valence-corrected chi connectivity index (χ0v) is 29.5. The van der Waals surface area contributed by atoms with E-state index in [1.165, 1.54) is 0 Å². The van der Waals surface area contributed by atoms with Crippen LogP contribution in [0.1, 0.15) is 5.56 Å². The molecule has 0 saturated carbocycles. The first-order chi connectivity index (χ1) is 27.2. The minimum Gasteiger partial charge on any atom is -0.455 e. The number of hydrogen-bond acceptors (Lipinski definition) is 5. The fourth-order valence-corrected chi connectivity index (χ4v) is 7.47. The highest BCUT2D eigenvalue weighted by molar-refractivity contribution is 6.22. The van der Waals surface area contributed by atoms with Crippen LogP contribution in [0.15, 0.2) is 186 Å². The number of furan rings is 1. The topological polar surface area (TPSA) is 75.6 Å². The summed E-state index contributed by atoms with van der Waals surface area (Å²) in [6.07, 6.45) is 0. The van der Waals surface area contributed by atoms with Crippen LogP contribution in [0.25, 0.3) is 100 Å². The highest BCUT2D eigenvalue weighted by atomic mass is 16.3. The predicted octanol–water partition coefficient (Wildman–Crippen LogP) is 12.8. The maximum atomic E-state index is 9.41. The number of fused-ring (bicyclic) bond motifs is 5. The number of hydrogen-bond donors (Lipinski definition) is 0. The van der Waals surface area contributed by atoms with Gasteiger partial charge in [-0.2, -0.15) is 5.26 Å². The average Bonchev–Trinajstić information content (AvgIpc) is 3.66. The first-order valence-electron chi connectivity index (χ1n) is 18.2. The van der Waals surface area contributed by atoms with Gasteiger partial charge in [-0.25, -0.2) is 15.0 Å². The van der Waals surface area contributed by atoms with Crippen LogP contribution < -0.4 is 0 Å². The van der Waals surface area contributed by atoms with Gasteiger partial charge in [0.15, 0.2) is 17.5 Å². The van der Waals surface area contributed by atoms with Crippen LogP contribution in [-0.4, -0.2) is 15.0 Å². The van der Waals surface area contributed by atoms with Gasteiger partial charge >= 0.3 is 0 Å². The molecule has 256 valence electrons. The van der Waals surface area contributed by atoms with Crippen molar-refractivity contribution in [1.82, 2.24) is 15.0 Å². The molecular formula is C50H30N4O. The Labute approximate surface area is 317 Å². The molecule has 5 nitrogen and oxygen atoms in total. The number of aromatic nitrogens is 3. The van der Waals surface area contributed by atoms with Crippen molar-refractivity contribution >= 4 is 32.7 Å². The van der Waals surface area contributed by atoms with E-state index in [4.69, 9.17) is 19.4 Å². The summed E-state index contributed by atoms with van der Waals surface area (Å²) in [5.74, 6) is 1.90. The molecular weight excluding hydrogens is 673 g/mol. The van der Waals surface area contributed by atoms with Gasteiger partial charge in [0.05, 0.1) is 11.6 Å². The van der Waals surface area contributed by atoms with Gasteiger partial charge in [0, 0.05) is 32.8 Å². The quantitative estimate of drug-likeness (QED) is 0.172. The van der Waals surface area contributed by atoms with E-state index in [1.807, 2.05) is 91.0 Å². The lowest BCUT2D eigenvalue weighted by Gasteiger charge is -2.11. The lowest BCUT2D eigenvalue weighted by Crippen LogP contribution is -2.00. The third-order valence-electron chi connectivity index (χ3n) is 10.2. The predicted molar refractivity (Wildman–Crippen MR) is 222 cm³/mol. The van der Waals surface area contributed by atoms with Crippen molar-refractivity contribution in [2.24, 2.45) is 0 Å². The molecule has 0 unspecified atom stereocenters. The lowest BCUT2D eigenvalue weighted by molar-refractivity contribution is 0.673. The molecule has 0 bridgehead atoms. The minimum atomic E-state index is 0.624. The van der Waals surface area contributed by atoms with Crippen molar-refractivity contribution in [2.45, 2.75) is 0 Å².